The van der Waals surface area contributed by atoms with Crippen molar-refractivity contribution in [1.82, 2.24) is 4.31 Å². The molecule has 1 radical (unpaired) electrons. The van der Waals surface area contributed by atoms with Crippen molar-refractivity contribution in [2.24, 2.45) is 0 Å². The van der Waals surface area contributed by atoms with Gasteiger partial charge in [-0.05, 0) is 6.92 Å². The van der Waals surface area contributed by atoms with Gasteiger partial charge in [0.1, 0.15) is 7.28 Å². The molecule has 4 heteroatoms. The summed E-state index contributed by atoms with van der Waals surface area (Å²) < 4.78 is 3.14. The smallest absolute Gasteiger partial charge is 0.112 e. The minimum Gasteiger partial charge on any atom is -0.239 e. The average Bonchev–Trinajstić information content (AvgIpc) is 2.12. The van der Waals surface area contributed by atoms with E-state index in [0.717, 1.165) is 0 Å². The van der Waals surface area contributed by atoms with E-state index in [-0.39, 0.29) is 0 Å². The van der Waals surface area contributed by atoms with E-state index in [1.54, 1.807) is 0 Å². The second-order valence-electron chi connectivity index (χ2n) is 2.41. The van der Waals surface area contributed by atoms with Crippen LogP contribution in [0.3, 0.4) is 0 Å². The highest BCUT2D eigenvalue weighted by molar-refractivity contribution is 14.1. The van der Waals surface area contributed by atoms with E-state index in [0.29, 0.717) is 4.05 Å². The van der Waals surface area contributed by atoms with Crippen LogP contribution in [0.1, 0.15) is 6.92 Å². The first-order valence-corrected chi connectivity index (χ1v) is 5.85. The molecule has 0 saturated carbocycles. The van der Waals surface area contributed by atoms with Gasteiger partial charge in [-0.15, -0.1) is 0 Å². The molecule has 0 bridgehead atoms. The van der Waals surface area contributed by atoms with Gasteiger partial charge in [0.25, 0.3) is 0 Å². The molecule has 0 aromatic heterocycles. The number of hydrogen-bond acceptors (Lipinski definition) is 2. The van der Waals surface area contributed by atoms with Gasteiger partial charge in [-0.1, -0.05) is 47.2 Å². The summed E-state index contributed by atoms with van der Waals surface area (Å²) in [5.74, 6) is 1.27. The minimum atomic E-state index is 0.675. The predicted molar refractivity (Wildman–Crippen MR) is 58.0 cm³/mol. The summed E-state index contributed by atoms with van der Waals surface area (Å²) >= 11 is 4.46. The maximum absolute atomic E-state index is 2.47. The fraction of sp³-hybridized carbons (Fsp3) is 1.00. The van der Waals surface area contributed by atoms with Crippen molar-refractivity contribution >= 4 is 41.8 Å². The minimum absolute atomic E-state index is 0.675. The molecule has 1 rings (SSSR count). The van der Waals surface area contributed by atoms with Crippen molar-refractivity contribution in [3.8, 4) is 0 Å². The molecule has 1 fully saturated rings. The zero-order chi connectivity index (χ0) is 7.40. The third-order valence-electron chi connectivity index (χ3n) is 1.53. The average molecular weight is 268 g/mol. The molecule has 0 aromatic carbocycles. The van der Waals surface area contributed by atoms with Gasteiger partial charge in [-0.3, -0.25) is 0 Å². The van der Waals surface area contributed by atoms with Crippen LogP contribution in [0.15, 0.2) is 0 Å². The third kappa shape index (κ3) is 3.01. The Kier molecular flexibility index (Phi) is 4.49. The number of halogens is 1. The molecule has 10 heavy (non-hydrogen) atoms. The standard InChI is InChI=1S/C6H12BINS/c1-6(8)9-4-2-7-3-5-10-9/h6H,2-5H2,1H3. The lowest BCUT2D eigenvalue weighted by Crippen LogP contribution is -2.21. The van der Waals surface area contributed by atoms with Crippen LogP contribution in [0.5, 0.6) is 0 Å². The molecule has 0 spiro atoms. The monoisotopic (exact) mass is 268 g/mol. The van der Waals surface area contributed by atoms with Crippen molar-refractivity contribution in [2.75, 3.05) is 12.3 Å². The topological polar surface area (TPSA) is 3.24 Å². The zero-order valence-corrected chi connectivity index (χ0v) is 9.19. The number of alkyl halides is 1. The molecule has 1 heterocycles. The summed E-state index contributed by atoms with van der Waals surface area (Å²) in [5, 5.41) is 0. The molecule has 1 saturated heterocycles. The molecule has 0 amide bonds. The van der Waals surface area contributed by atoms with E-state index in [2.05, 4.69) is 41.1 Å². The maximum Gasteiger partial charge on any atom is 0.112 e. The predicted octanol–water partition coefficient (Wildman–Crippen LogP) is 2.27. The first-order chi connectivity index (χ1) is 4.80. The fourth-order valence-corrected chi connectivity index (χ4v) is 2.67. The van der Waals surface area contributed by atoms with Gasteiger partial charge in [-0.2, -0.15) is 0 Å². The summed E-state index contributed by atoms with van der Waals surface area (Å²) in [5.41, 5.74) is 0. The largest absolute Gasteiger partial charge is 0.239 e. The van der Waals surface area contributed by atoms with Gasteiger partial charge >= 0.3 is 0 Å². The summed E-state index contributed by atoms with van der Waals surface area (Å²) in [6, 6.07) is 0. The number of nitrogens with zero attached hydrogens (tertiary/aromatic N) is 1. The van der Waals surface area contributed by atoms with Gasteiger partial charge in [-0.25, -0.2) is 4.31 Å². The molecule has 0 aromatic rings. The molecular weight excluding hydrogens is 256 g/mol. The fourth-order valence-electron chi connectivity index (χ4n) is 0.961. The van der Waals surface area contributed by atoms with E-state index >= 15 is 0 Å². The Morgan fingerprint density at radius 3 is 3.10 bits per heavy atom. The maximum atomic E-state index is 2.47. The highest BCUT2D eigenvalue weighted by Gasteiger charge is 2.13. The van der Waals surface area contributed by atoms with Gasteiger partial charge in [0.2, 0.25) is 0 Å². The molecule has 1 unspecified atom stereocenters. The van der Waals surface area contributed by atoms with Crippen LogP contribution < -0.4 is 0 Å². The first kappa shape index (κ1) is 9.19. The third-order valence-corrected chi connectivity index (χ3v) is 3.83. The second-order valence-corrected chi connectivity index (χ2v) is 5.35. The SMILES string of the molecule is CC(I)N1CC[B]CCS1. The Labute approximate surface area is 81.8 Å². The van der Waals surface area contributed by atoms with Crippen LogP contribution in [0.4, 0.5) is 0 Å². The lowest BCUT2D eigenvalue weighted by molar-refractivity contribution is 0.509. The summed E-state index contributed by atoms with van der Waals surface area (Å²) in [6.45, 7) is 3.48. The van der Waals surface area contributed by atoms with E-state index < -0.39 is 0 Å². The molecule has 1 aliphatic heterocycles. The molecule has 57 valence electrons. The lowest BCUT2D eigenvalue weighted by atomic mass is 9.72. The summed E-state index contributed by atoms with van der Waals surface area (Å²) in [4.78, 5) is 0. The van der Waals surface area contributed by atoms with E-state index in [1.807, 2.05) is 11.9 Å². The lowest BCUT2D eigenvalue weighted by Gasteiger charge is -2.21. The Morgan fingerprint density at radius 1 is 1.60 bits per heavy atom. The number of hydrogen-bond donors (Lipinski definition) is 0. The van der Waals surface area contributed by atoms with Crippen molar-refractivity contribution in [1.29, 1.82) is 0 Å². The molecule has 1 aliphatic rings. The number of rotatable bonds is 1. The Morgan fingerprint density at radius 2 is 2.40 bits per heavy atom. The highest BCUT2D eigenvalue weighted by Crippen LogP contribution is 2.22. The van der Waals surface area contributed by atoms with Gasteiger partial charge < -0.3 is 0 Å². The van der Waals surface area contributed by atoms with Crippen LogP contribution in [-0.4, -0.2) is 27.9 Å². The van der Waals surface area contributed by atoms with E-state index in [9.17, 15) is 0 Å². The Balaban J connectivity index is 2.28. The second kappa shape index (κ2) is 4.88. The molecule has 0 aliphatic carbocycles. The quantitative estimate of drug-likeness (QED) is 0.236. The Hall–Kier alpha value is 1.10. The zero-order valence-electron chi connectivity index (χ0n) is 6.22. The van der Waals surface area contributed by atoms with Crippen molar-refractivity contribution in [3.63, 3.8) is 0 Å². The summed E-state index contributed by atoms with van der Waals surface area (Å²) in [6.07, 6.45) is 2.55. The molecule has 1 nitrogen and oxygen atoms in total. The first-order valence-electron chi connectivity index (χ1n) is 3.66. The van der Waals surface area contributed by atoms with Crippen molar-refractivity contribution < 1.29 is 0 Å². The molecular formula is C6H12BINS. The van der Waals surface area contributed by atoms with E-state index in [4.69, 9.17) is 0 Å². The molecule has 0 N–H and O–H groups in total. The van der Waals surface area contributed by atoms with Crippen LogP contribution in [-0.2, 0) is 0 Å². The normalized spacial score (nSPS) is 25.0. The van der Waals surface area contributed by atoms with Gasteiger partial charge in [0, 0.05) is 12.3 Å². The van der Waals surface area contributed by atoms with Crippen LogP contribution in [0.2, 0.25) is 12.6 Å². The van der Waals surface area contributed by atoms with Gasteiger partial charge in [0.05, 0.1) is 4.05 Å². The summed E-state index contributed by atoms with van der Waals surface area (Å²) in [7, 11) is 2.39. The van der Waals surface area contributed by atoms with Crippen LogP contribution in [0.25, 0.3) is 0 Å². The van der Waals surface area contributed by atoms with E-state index in [1.165, 1.54) is 24.9 Å². The van der Waals surface area contributed by atoms with Gasteiger partial charge in [0.15, 0.2) is 0 Å². The van der Waals surface area contributed by atoms with Crippen LogP contribution in [0, 0.1) is 0 Å². The van der Waals surface area contributed by atoms with Crippen LogP contribution >= 0.6 is 34.5 Å². The van der Waals surface area contributed by atoms with Crippen molar-refractivity contribution in [3.05, 3.63) is 0 Å². The Bertz CT molecular complexity index is 93.7. The van der Waals surface area contributed by atoms with Crippen molar-refractivity contribution in [2.45, 2.75) is 23.6 Å². The highest BCUT2D eigenvalue weighted by atomic mass is 127. The molecule has 1 atom stereocenters.